The molecule has 0 bridgehead atoms. The lowest BCUT2D eigenvalue weighted by atomic mass is 10.2. The first-order valence-electron chi connectivity index (χ1n) is 3.04. The van der Waals surface area contributed by atoms with E-state index in [4.69, 9.17) is 5.73 Å². The average molecular weight is 167 g/mol. The first kappa shape index (κ1) is 8.16. The number of nitrogens with zero attached hydrogens (tertiary/aromatic N) is 2. The van der Waals surface area contributed by atoms with Gasteiger partial charge in [0.05, 0.1) is 0 Å². The Kier molecular flexibility index (Phi) is 1.69. The molecule has 0 aromatic rings. The molecular weight excluding hydrogens is 159 g/mol. The second-order valence-corrected chi connectivity index (χ2v) is 2.43. The second kappa shape index (κ2) is 2.28. The van der Waals surface area contributed by atoms with E-state index in [2.05, 4.69) is 5.10 Å². The molecular formula is C5H8F3N3. The van der Waals surface area contributed by atoms with Crippen LogP contribution in [0.5, 0.6) is 0 Å². The molecule has 0 fully saturated rings. The predicted molar refractivity (Wildman–Crippen MR) is 33.8 cm³/mol. The van der Waals surface area contributed by atoms with Crippen LogP contribution in [0.3, 0.4) is 0 Å². The Morgan fingerprint density at radius 1 is 1.64 bits per heavy atom. The number of hydrogen-bond donors (Lipinski definition) is 1. The van der Waals surface area contributed by atoms with Gasteiger partial charge in [0.25, 0.3) is 0 Å². The van der Waals surface area contributed by atoms with Gasteiger partial charge >= 0.3 is 6.18 Å². The maximum atomic E-state index is 12.0. The summed E-state index contributed by atoms with van der Waals surface area (Å²) in [6.45, 7) is 0. The Hall–Kier alpha value is -0.940. The summed E-state index contributed by atoms with van der Waals surface area (Å²) in [6.07, 6.45) is -4.46. The van der Waals surface area contributed by atoms with Crippen LogP contribution in [-0.4, -0.2) is 30.1 Å². The van der Waals surface area contributed by atoms with Gasteiger partial charge in [-0.25, -0.2) is 0 Å². The van der Waals surface area contributed by atoms with E-state index in [1.807, 2.05) is 0 Å². The molecule has 2 N–H and O–H groups in total. The largest absolute Gasteiger partial charge is 0.410 e. The summed E-state index contributed by atoms with van der Waals surface area (Å²) in [5.41, 5.74) is 5.12. The van der Waals surface area contributed by atoms with E-state index in [1.165, 1.54) is 7.05 Å². The minimum atomic E-state index is -4.24. The van der Waals surface area contributed by atoms with Crippen LogP contribution >= 0.6 is 0 Å². The monoisotopic (exact) mass is 167 g/mol. The molecule has 0 unspecified atom stereocenters. The fraction of sp³-hybridized carbons (Fsp3) is 0.800. The van der Waals surface area contributed by atoms with Crippen LogP contribution in [0.1, 0.15) is 6.42 Å². The first-order chi connectivity index (χ1) is 4.91. The summed E-state index contributed by atoms with van der Waals surface area (Å²) < 4.78 is 36.0. The van der Waals surface area contributed by atoms with E-state index in [1.54, 1.807) is 0 Å². The summed E-state index contributed by atoms with van der Waals surface area (Å²) >= 11 is 0. The Labute approximate surface area is 61.7 Å². The molecule has 1 atom stereocenters. The molecule has 3 nitrogen and oxygen atoms in total. The van der Waals surface area contributed by atoms with Crippen LogP contribution in [0.15, 0.2) is 5.10 Å². The molecule has 11 heavy (non-hydrogen) atoms. The summed E-state index contributed by atoms with van der Waals surface area (Å²) in [5.74, 6) is 0.0369. The second-order valence-electron chi connectivity index (χ2n) is 2.43. The Bertz CT molecular complexity index is 186. The van der Waals surface area contributed by atoms with Gasteiger partial charge in [0, 0.05) is 13.5 Å². The van der Waals surface area contributed by atoms with Crippen molar-refractivity contribution in [3.63, 3.8) is 0 Å². The normalized spacial score (nSPS) is 25.6. The van der Waals surface area contributed by atoms with E-state index in [0.29, 0.717) is 0 Å². The van der Waals surface area contributed by atoms with Crippen molar-refractivity contribution < 1.29 is 13.2 Å². The molecule has 0 saturated carbocycles. The Balaban J connectivity index is 2.67. The van der Waals surface area contributed by atoms with Gasteiger partial charge in [0.1, 0.15) is 11.9 Å². The molecule has 0 amide bonds. The van der Waals surface area contributed by atoms with Crippen LogP contribution < -0.4 is 5.73 Å². The van der Waals surface area contributed by atoms with Gasteiger partial charge in [-0.05, 0) is 0 Å². The molecule has 0 saturated heterocycles. The molecule has 0 aromatic heterocycles. The van der Waals surface area contributed by atoms with Crippen molar-refractivity contribution in [1.82, 2.24) is 5.01 Å². The molecule has 1 rings (SSSR count). The van der Waals surface area contributed by atoms with Crippen molar-refractivity contribution in [3.05, 3.63) is 0 Å². The zero-order valence-corrected chi connectivity index (χ0v) is 5.89. The number of amidine groups is 1. The number of halogens is 3. The highest BCUT2D eigenvalue weighted by molar-refractivity contribution is 5.82. The van der Waals surface area contributed by atoms with Gasteiger partial charge in [-0.2, -0.15) is 18.3 Å². The van der Waals surface area contributed by atoms with Crippen molar-refractivity contribution in [2.75, 3.05) is 7.05 Å². The first-order valence-corrected chi connectivity index (χ1v) is 3.04. The fourth-order valence-electron chi connectivity index (χ4n) is 0.971. The van der Waals surface area contributed by atoms with E-state index < -0.39 is 12.2 Å². The minimum Gasteiger partial charge on any atom is -0.386 e. The van der Waals surface area contributed by atoms with E-state index >= 15 is 0 Å². The van der Waals surface area contributed by atoms with Crippen LogP contribution in [0.2, 0.25) is 0 Å². The SMILES string of the molecule is CN1N=C(N)C[C@@H]1C(F)(F)F. The standard InChI is InChI=1S/C5H8F3N3/c1-11-3(5(6,7)8)2-4(9)10-11/h3H,2H2,1H3,(H2,9,10)/t3-/m1/s1. The maximum Gasteiger partial charge on any atom is 0.410 e. The number of nitrogens with two attached hydrogens (primary N) is 1. The number of rotatable bonds is 0. The lowest BCUT2D eigenvalue weighted by molar-refractivity contribution is -0.174. The van der Waals surface area contributed by atoms with E-state index in [0.717, 1.165) is 5.01 Å². The lowest BCUT2D eigenvalue weighted by Crippen LogP contribution is -2.38. The van der Waals surface area contributed by atoms with Crippen LogP contribution in [0, 0.1) is 0 Å². The fourth-order valence-corrected chi connectivity index (χ4v) is 0.971. The third-order valence-electron chi connectivity index (χ3n) is 1.52. The molecule has 6 heteroatoms. The third kappa shape index (κ3) is 1.55. The summed E-state index contributed by atoms with van der Waals surface area (Å²) in [6, 6.07) is -1.54. The maximum absolute atomic E-state index is 12.0. The van der Waals surface area contributed by atoms with Crippen molar-refractivity contribution >= 4 is 5.84 Å². The zero-order chi connectivity index (χ0) is 8.65. The molecule has 1 aliphatic rings. The quantitative estimate of drug-likeness (QED) is 0.571. The van der Waals surface area contributed by atoms with Crippen molar-refractivity contribution in [1.29, 1.82) is 0 Å². The van der Waals surface area contributed by atoms with Crippen LogP contribution in [0.25, 0.3) is 0 Å². The van der Waals surface area contributed by atoms with Gasteiger partial charge < -0.3 is 5.73 Å². The highest BCUT2D eigenvalue weighted by Gasteiger charge is 2.45. The third-order valence-corrected chi connectivity index (χ3v) is 1.52. The van der Waals surface area contributed by atoms with Gasteiger partial charge in [-0.3, -0.25) is 5.01 Å². The molecule has 0 radical (unpaired) electrons. The summed E-state index contributed by atoms with van der Waals surface area (Å²) in [7, 11) is 1.26. The lowest BCUT2D eigenvalue weighted by Gasteiger charge is -2.20. The van der Waals surface area contributed by atoms with Crippen molar-refractivity contribution in [2.24, 2.45) is 10.8 Å². The van der Waals surface area contributed by atoms with Crippen LogP contribution in [0.4, 0.5) is 13.2 Å². The highest BCUT2D eigenvalue weighted by atomic mass is 19.4. The molecule has 64 valence electrons. The molecule has 0 aliphatic carbocycles. The van der Waals surface area contributed by atoms with Gasteiger partial charge in [-0.15, -0.1) is 0 Å². The highest BCUT2D eigenvalue weighted by Crippen LogP contribution is 2.29. The number of hydrazone groups is 1. The summed E-state index contributed by atoms with van der Waals surface area (Å²) in [5, 5.41) is 4.29. The smallest absolute Gasteiger partial charge is 0.386 e. The Morgan fingerprint density at radius 3 is 2.36 bits per heavy atom. The minimum absolute atomic E-state index is 0.0369. The topological polar surface area (TPSA) is 41.6 Å². The van der Waals surface area contributed by atoms with Gasteiger partial charge in [0.2, 0.25) is 0 Å². The average Bonchev–Trinajstić information content (AvgIpc) is 2.08. The number of alkyl halides is 3. The van der Waals surface area contributed by atoms with Crippen molar-refractivity contribution in [2.45, 2.75) is 18.6 Å². The summed E-state index contributed by atoms with van der Waals surface area (Å²) in [4.78, 5) is 0. The Morgan fingerprint density at radius 2 is 2.18 bits per heavy atom. The van der Waals surface area contributed by atoms with E-state index in [9.17, 15) is 13.2 Å². The zero-order valence-electron chi connectivity index (χ0n) is 5.89. The number of hydrogen-bond acceptors (Lipinski definition) is 3. The predicted octanol–water partition coefficient (Wildman–Crippen LogP) is 0.525. The molecule has 0 aromatic carbocycles. The van der Waals surface area contributed by atoms with E-state index in [-0.39, 0.29) is 12.3 Å². The van der Waals surface area contributed by atoms with Crippen molar-refractivity contribution in [3.8, 4) is 0 Å². The van der Waals surface area contributed by atoms with Gasteiger partial charge in [-0.1, -0.05) is 0 Å². The van der Waals surface area contributed by atoms with Gasteiger partial charge in [0.15, 0.2) is 0 Å². The molecule has 1 aliphatic heterocycles. The molecule has 1 heterocycles. The molecule has 0 spiro atoms. The van der Waals surface area contributed by atoms with Crippen LogP contribution in [-0.2, 0) is 0 Å².